The molecule has 0 spiro atoms. The highest BCUT2D eigenvalue weighted by Crippen LogP contribution is 2.28. The number of rotatable bonds is 4. The molecule has 27 heavy (non-hydrogen) atoms. The van der Waals surface area contributed by atoms with Gasteiger partial charge in [0.25, 0.3) is 5.91 Å². The molecule has 0 atom stereocenters. The molecule has 1 aromatic heterocycles. The first kappa shape index (κ1) is 16.8. The Bertz CT molecular complexity index is 1130. The molecule has 0 aliphatic rings. The summed E-state index contributed by atoms with van der Waals surface area (Å²) in [5, 5.41) is 2.88. The third-order valence-electron chi connectivity index (χ3n) is 4.35. The Balaban J connectivity index is 1.62. The maximum Gasteiger partial charge on any atom is 0.255 e. The number of anilines is 1. The fourth-order valence-corrected chi connectivity index (χ4v) is 2.90. The molecule has 5 heteroatoms. The van der Waals surface area contributed by atoms with E-state index >= 15 is 0 Å². The van der Waals surface area contributed by atoms with E-state index in [2.05, 4.69) is 10.3 Å². The van der Waals surface area contributed by atoms with Crippen LogP contribution in [-0.2, 0) is 0 Å². The number of aromatic nitrogens is 1. The second-order valence-corrected chi connectivity index (χ2v) is 6.20. The largest absolute Gasteiger partial charge is 0.497 e. The van der Waals surface area contributed by atoms with Gasteiger partial charge < -0.3 is 14.5 Å². The van der Waals surface area contributed by atoms with Crippen LogP contribution < -0.4 is 10.1 Å². The summed E-state index contributed by atoms with van der Waals surface area (Å²) >= 11 is 0. The fraction of sp³-hybridized carbons (Fsp3) is 0.0909. The molecule has 134 valence electrons. The van der Waals surface area contributed by atoms with Crippen LogP contribution in [0, 0.1) is 6.92 Å². The molecule has 0 bridgehead atoms. The minimum Gasteiger partial charge on any atom is -0.497 e. The monoisotopic (exact) mass is 358 g/mol. The van der Waals surface area contributed by atoms with Gasteiger partial charge in [-0.05, 0) is 48.9 Å². The van der Waals surface area contributed by atoms with E-state index in [1.807, 2.05) is 43.3 Å². The van der Waals surface area contributed by atoms with Gasteiger partial charge in [-0.15, -0.1) is 0 Å². The van der Waals surface area contributed by atoms with Crippen LogP contribution in [0.5, 0.6) is 5.75 Å². The summed E-state index contributed by atoms with van der Waals surface area (Å²) in [5.41, 5.74) is 4.58. The van der Waals surface area contributed by atoms with E-state index in [-0.39, 0.29) is 5.91 Å². The number of methoxy groups -OCH3 is 1. The van der Waals surface area contributed by atoms with Crippen LogP contribution >= 0.6 is 0 Å². The first-order valence-electron chi connectivity index (χ1n) is 8.56. The van der Waals surface area contributed by atoms with E-state index in [4.69, 9.17) is 9.15 Å². The number of aryl methyl sites for hydroxylation is 1. The molecule has 0 radical (unpaired) electrons. The van der Waals surface area contributed by atoms with Gasteiger partial charge in [-0.25, -0.2) is 4.98 Å². The van der Waals surface area contributed by atoms with Gasteiger partial charge in [0.15, 0.2) is 5.58 Å². The highest BCUT2D eigenvalue weighted by molar-refractivity contribution is 6.05. The average molecular weight is 358 g/mol. The van der Waals surface area contributed by atoms with Crippen molar-refractivity contribution in [3.05, 3.63) is 77.9 Å². The zero-order chi connectivity index (χ0) is 18.8. The predicted molar refractivity (Wildman–Crippen MR) is 105 cm³/mol. The van der Waals surface area contributed by atoms with Crippen molar-refractivity contribution in [2.45, 2.75) is 6.92 Å². The maximum absolute atomic E-state index is 12.5. The molecule has 1 heterocycles. The van der Waals surface area contributed by atoms with Crippen molar-refractivity contribution in [2.24, 2.45) is 0 Å². The molecule has 1 amide bonds. The van der Waals surface area contributed by atoms with Crippen LogP contribution in [0.3, 0.4) is 0 Å². The summed E-state index contributed by atoms with van der Waals surface area (Å²) in [4.78, 5) is 17.0. The molecule has 5 nitrogen and oxygen atoms in total. The number of carbonyl (C=O) groups excluding carboxylic acids is 1. The van der Waals surface area contributed by atoms with Crippen LogP contribution in [0.4, 0.5) is 5.69 Å². The molecule has 0 aliphatic heterocycles. The van der Waals surface area contributed by atoms with Gasteiger partial charge in [-0.2, -0.15) is 0 Å². The third kappa shape index (κ3) is 3.40. The molecule has 0 saturated carbocycles. The number of benzene rings is 3. The second kappa shape index (κ2) is 6.96. The van der Waals surface area contributed by atoms with Crippen molar-refractivity contribution in [1.29, 1.82) is 0 Å². The molecule has 0 saturated heterocycles. The number of oxazole rings is 1. The second-order valence-electron chi connectivity index (χ2n) is 6.20. The van der Waals surface area contributed by atoms with Crippen molar-refractivity contribution in [1.82, 2.24) is 4.98 Å². The number of hydrogen-bond acceptors (Lipinski definition) is 4. The van der Waals surface area contributed by atoms with Gasteiger partial charge in [0.1, 0.15) is 11.3 Å². The summed E-state index contributed by atoms with van der Waals surface area (Å²) in [6.45, 7) is 2.02. The van der Waals surface area contributed by atoms with E-state index in [9.17, 15) is 4.79 Å². The normalized spacial score (nSPS) is 10.7. The van der Waals surface area contributed by atoms with Gasteiger partial charge in [0.05, 0.1) is 7.11 Å². The highest BCUT2D eigenvalue weighted by Gasteiger charge is 2.12. The number of fused-ring (bicyclic) bond motifs is 1. The molecular formula is C22H18N2O3. The van der Waals surface area contributed by atoms with Gasteiger partial charge in [-0.1, -0.05) is 24.3 Å². The first-order valence-corrected chi connectivity index (χ1v) is 8.56. The maximum atomic E-state index is 12.5. The van der Waals surface area contributed by atoms with Crippen molar-refractivity contribution in [3.63, 3.8) is 0 Å². The summed E-state index contributed by atoms with van der Waals surface area (Å²) < 4.78 is 11.1. The lowest BCUT2D eigenvalue weighted by atomic mass is 10.1. The van der Waals surface area contributed by atoms with E-state index < -0.39 is 0 Å². The van der Waals surface area contributed by atoms with E-state index in [0.29, 0.717) is 28.5 Å². The molecule has 0 fully saturated rings. The van der Waals surface area contributed by atoms with Crippen molar-refractivity contribution in [2.75, 3.05) is 12.4 Å². The average Bonchev–Trinajstić information content (AvgIpc) is 3.11. The minimum atomic E-state index is -0.216. The topological polar surface area (TPSA) is 64.4 Å². The zero-order valence-electron chi connectivity index (χ0n) is 15.0. The predicted octanol–water partition coefficient (Wildman–Crippen LogP) is 5.06. The summed E-state index contributed by atoms with van der Waals surface area (Å²) in [6, 6.07) is 20.4. The van der Waals surface area contributed by atoms with E-state index in [0.717, 1.165) is 16.6 Å². The number of ether oxygens (including phenoxy) is 1. The number of amides is 1. The van der Waals surface area contributed by atoms with Crippen LogP contribution in [0.2, 0.25) is 0 Å². The van der Waals surface area contributed by atoms with Gasteiger partial charge in [-0.3, -0.25) is 4.79 Å². The molecule has 1 N–H and O–H groups in total. The molecule has 0 unspecified atom stereocenters. The zero-order valence-corrected chi connectivity index (χ0v) is 15.0. The van der Waals surface area contributed by atoms with Crippen molar-refractivity contribution >= 4 is 22.7 Å². The fourth-order valence-electron chi connectivity index (χ4n) is 2.90. The Morgan fingerprint density at radius 3 is 2.70 bits per heavy atom. The van der Waals surface area contributed by atoms with E-state index in [1.165, 1.54) is 0 Å². The summed E-state index contributed by atoms with van der Waals surface area (Å²) in [6.07, 6.45) is 0. The third-order valence-corrected chi connectivity index (χ3v) is 4.35. The van der Waals surface area contributed by atoms with Crippen LogP contribution in [0.25, 0.3) is 22.6 Å². The van der Waals surface area contributed by atoms with Crippen molar-refractivity contribution in [3.8, 4) is 17.2 Å². The number of nitrogens with one attached hydrogen (secondary N) is 1. The molecular weight excluding hydrogens is 340 g/mol. The van der Waals surface area contributed by atoms with E-state index in [1.54, 1.807) is 37.4 Å². The lowest BCUT2D eigenvalue weighted by molar-refractivity contribution is 0.102. The Labute approximate surface area is 156 Å². The van der Waals surface area contributed by atoms with Crippen molar-refractivity contribution < 1.29 is 13.9 Å². The first-order chi connectivity index (χ1) is 13.1. The number of carbonyl (C=O) groups is 1. The van der Waals surface area contributed by atoms with Crippen LogP contribution in [0.15, 0.2) is 71.1 Å². The molecule has 0 aliphatic carbocycles. The Morgan fingerprint density at radius 2 is 1.89 bits per heavy atom. The molecule has 4 rings (SSSR count). The Kier molecular flexibility index (Phi) is 4.34. The van der Waals surface area contributed by atoms with Crippen LogP contribution in [-0.4, -0.2) is 18.0 Å². The highest BCUT2D eigenvalue weighted by atomic mass is 16.5. The Morgan fingerprint density at radius 1 is 1.04 bits per heavy atom. The van der Waals surface area contributed by atoms with Gasteiger partial charge in [0.2, 0.25) is 5.89 Å². The summed E-state index contributed by atoms with van der Waals surface area (Å²) in [7, 11) is 1.57. The molecule has 4 aromatic rings. The number of nitrogens with zero attached hydrogens (tertiary/aromatic N) is 1. The Hall–Kier alpha value is -3.60. The standard InChI is InChI=1S/C22H18N2O3/c1-14-6-3-4-9-18(14)22-24-19-11-10-16(13-20(19)27-22)23-21(25)15-7-5-8-17(12-15)26-2/h3-13H,1-2H3,(H,23,25). The number of hydrogen-bond donors (Lipinski definition) is 1. The molecule has 3 aromatic carbocycles. The smallest absolute Gasteiger partial charge is 0.255 e. The van der Waals surface area contributed by atoms with Gasteiger partial charge in [0, 0.05) is 22.9 Å². The minimum absolute atomic E-state index is 0.216. The summed E-state index contributed by atoms with van der Waals surface area (Å²) in [5.74, 6) is 0.988. The van der Waals surface area contributed by atoms with Crippen LogP contribution in [0.1, 0.15) is 15.9 Å². The lowest BCUT2D eigenvalue weighted by Crippen LogP contribution is -2.11. The van der Waals surface area contributed by atoms with Gasteiger partial charge >= 0.3 is 0 Å². The lowest BCUT2D eigenvalue weighted by Gasteiger charge is -2.06. The quantitative estimate of drug-likeness (QED) is 0.553. The SMILES string of the molecule is COc1cccc(C(=O)Nc2ccc3nc(-c4ccccc4C)oc3c2)c1.